The summed E-state index contributed by atoms with van der Waals surface area (Å²) in [6, 6.07) is 9.29. The van der Waals surface area contributed by atoms with Crippen molar-refractivity contribution in [2.75, 3.05) is 32.7 Å². The van der Waals surface area contributed by atoms with Crippen LogP contribution in [0, 0.1) is 0 Å². The van der Waals surface area contributed by atoms with Crippen molar-refractivity contribution in [2.24, 2.45) is 0 Å². The Kier molecular flexibility index (Phi) is 6.56. The van der Waals surface area contributed by atoms with Crippen molar-refractivity contribution in [3.05, 3.63) is 35.9 Å². The Bertz CT molecular complexity index is 614. The lowest BCUT2D eigenvalue weighted by atomic mass is 10.1. The van der Waals surface area contributed by atoms with Crippen LogP contribution in [0.15, 0.2) is 30.3 Å². The van der Waals surface area contributed by atoms with Crippen LogP contribution >= 0.6 is 0 Å². The molecule has 1 aromatic carbocycles. The standard InChI is InChI=1S/C19H27N3O3/c1-4-20(5-2)17(23)14-22-15(3)19(25)21(13-18(22)24)12-11-16-9-7-6-8-10-16/h6-10,15H,4-5,11-14H2,1-3H3/t15-/m1/s1. The van der Waals surface area contributed by atoms with Crippen LogP contribution in [0.25, 0.3) is 0 Å². The third-order valence-corrected chi connectivity index (χ3v) is 4.72. The maximum atomic E-state index is 12.6. The van der Waals surface area contributed by atoms with E-state index in [2.05, 4.69) is 0 Å². The van der Waals surface area contributed by atoms with Gasteiger partial charge in [-0.3, -0.25) is 14.4 Å². The van der Waals surface area contributed by atoms with Gasteiger partial charge in [-0.2, -0.15) is 0 Å². The predicted octanol–water partition coefficient (Wildman–Crippen LogP) is 1.16. The number of nitrogens with zero attached hydrogens (tertiary/aromatic N) is 3. The molecule has 1 heterocycles. The molecule has 0 radical (unpaired) electrons. The van der Waals surface area contributed by atoms with E-state index in [0.717, 1.165) is 5.56 Å². The number of carbonyl (C=O) groups excluding carboxylic acids is 3. The van der Waals surface area contributed by atoms with E-state index >= 15 is 0 Å². The lowest BCUT2D eigenvalue weighted by Crippen LogP contribution is -2.60. The maximum Gasteiger partial charge on any atom is 0.245 e. The Morgan fingerprint density at radius 2 is 1.80 bits per heavy atom. The van der Waals surface area contributed by atoms with Crippen LogP contribution in [-0.2, 0) is 20.8 Å². The fourth-order valence-electron chi connectivity index (χ4n) is 3.09. The van der Waals surface area contributed by atoms with Gasteiger partial charge < -0.3 is 14.7 Å². The number of amides is 3. The summed E-state index contributed by atoms with van der Waals surface area (Å²) in [6.45, 7) is 7.23. The summed E-state index contributed by atoms with van der Waals surface area (Å²) >= 11 is 0. The summed E-state index contributed by atoms with van der Waals surface area (Å²) in [7, 11) is 0. The number of hydrogen-bond donors (Lipinski definition) is 0. The van der Waals surface area contributed by atoms with E-state index in [-0.39, 0.29) is 30.8 Å². The minimum absolute atomic E-state index is 0.0278. The third kappa shape index (κ3) is 4.59. The van der Waals surface area contributed by atoms with E-state index in [4.69, 9.17) is 0 Å². The van der Waals surface area contributed by atoms with Crippen LogP contribution < -0.4 is 0 Å². The first kappa shape index (κ1) is 19.0. The number of carbonyl (C=O) groups is 3. The van der Waals surface area contributed by atoms with Gasteiger partial charge in [-0.05, 0) is 32.8 Å². The van der Waals surface area contributed by atoms with E-state index < -0.39 is 6.04 Å². The molecule has 6 heteroatoms. The Hall–Kier alpha value is -2.37. The molecule has 3 amide bonds. The highest BCUT2D eigenvalue weighted by molar-refractivity contribution is 5.96. The molecule has 0 spiro atoms. The van der Waals surface area contributed by atoms with E-state index in [0.29, 0.717) is 26.1 Å². The molecule has 0 unspecified atom stereocenters. The van der Waals surface area contributed by atoms with Gasteiger partial charge in [0, 0.05) is 19.6 Å². The molecular weight excluding hydrogens is 318 g/mol. The van der Waals surface area contributed by atoms with Crippen LogP contribution in [0.3, 0.4) is 0 Å². The van der Waals surface area contributed by atoms with Gasteiger partial charge in [-0.15, -0.1) is 0 Å². The molecule has 1 aliphatic rings. The highest BCUT2D eigenvalue weighted by atomic mass is 16.2. The highest BCUT2D eigenvalue weighted by Crippen LogP contribution is 2.14. The Labute approximate surface area is 149 Å². The van der Waals surface area contributed by atoms with Gasteiger partial charge >= 0.3 is 0 Å². The molecule has 1 fully saturated rings. The number of rotatable bonds is 7. The van der Waals surface area contributed by atoms with Crippen LogP contribution in [0.2, 0.25) is 0 Å². The second kappa shape index (κ2) is 8.65. The molecule has 0 saturated carbocycles. The molecule has 0 N–H and O–H groups in total. The minimum Gasteiger partial charge on any atom is -0.342 e. The van der Waals surface area contributed by atoms with Gasteiger partial charge in [0.05, 0.1) is 6.54 Å². The first-order valence-electron chi connectivity index (χ1n) is 8.87. The van der Waals surface area contributed by atoms with Crippen LogP contribution in [-0.4, -0.2) is 71.2 Å². The van der Waals surface area contributed by atoms with Crippen molar-refractivity contribution < 1.29 is 14.4 Å². The molecule has 136 valence electrons. The third-order valence-electron chi connectivity index (χ3n) is 4.72. The van der Waals surface area contributed by atoms with Crippen molar-refractivity contribution >= 4 is 17.7 Å². The molecule has 1 aromatic rings. The van der Waals surface area contributed by atoms with Gasteiger partial charge in [0.2, 0.25) is 17.7 Å². The minimum atomic E-state index is -0.600. The fraction of sp³-hybridized carbons (Fsp3) is 0.526. The smallest absolute Gasteiger partial charge is 0.245 e. The molecular formula is C19H27N3O3. The van der Waals surface area contributed by atoms with Crippen molar-refractivity contribution in [3.63, 3.8) is 0 Å². The molecule has 1 aliphatic heterocycles. The maximum absolute atomic E-state index is 12.6. The summed E-state index contributed by atoms with van der Waals surface area (Å²) in [4.78, 5) is 42.0. The summed E-state index contributed by atoms with van der Waals surface area (Å²) < 4.78 is 0. The summed E-state index contributed by atoms with van der Waals surface area (Å²) in [6.07, 6.45) is 0.713. The average molecular weight is 345 g/mol. The summed E-state index contributed by atoms with van der Waals surface area (Å²) in [5, 5.41) is 0. The molecule has 1 atom stereocenters. The van der Waals surface area contributed by atoms with Gasteiger partial charge in [-0.25, -0.2) is 0 Å². The van der Waals surface area contributed by atoms with Gasteiger partial charge in [-0.1, -0.05) is 30.3 Å². The monoisotopic (exact) mass is 345 g/mol. The number of piperazine rings is 1. The zero-order valence-electron chi connectivity index (χ0n) is 15.3. The number of hydrogen-bond acceptors (Lipinski definition) is 3. The largest absolute Gasteiger partial charge is 0.342 e. The lowest BCUT2D eigenvalue weighted by molar-refractivity contribution is -0.157. The number of benzene rings is 1. The summed E-state index contributed by atoms with van der Waals surface area (Å²) in [5.74, 6) is -0.376. The first-order valence-corrected chi connectivity index (χ1v) is 8.87. The topological polar surface area (TPSA) is 60.9 Å². The van der Waals surface area contributed by atoms with Crippen molar-refractivity contribution in [1.82, 2.24) is 14.7 Å². The molecule has 6 nitrogen and oxygen atoms in total. The zero-order valence-corrected chi connectivity index (χ0v) is 15.3. The molecule has 0 aromatic heterocycles. The Balaban J connectivity index is 1.97. The van der Waals surface area contributed by atoms with E-state index in [1.165, 1.54) is 4.90 Å². The van der Waals surface area contributed by atoms with E-state index in [9.17, 15) is 14.4 Å². The molecule has 2 rings (SSSR count). The average Bonchev–Trinajstić information content (AvgIpc) is 2.62. The van der Waals surface area contributed by atoms with Crippen LogP contribution in [0.5, 0.6) is 0 Å². The van der Waals surface area contributed by atoms with E-state index in [1.807, 2.05) is 44.2 Å². The van der Waals surface area contributed by atoms with Gasteiger partial charge in [0.25, 0.3) is 0 Å². The van der Waals surface area contributed by atoms with Gasteiger partial charge in [0.1, 0.15) is 12.6 Å². The van der Waals surface area contributed by atoms with E-state index in [1.54, 1.807) is 16.7 Å². The highest BCUT2D eigenvalue weighted by Gasteiger charge is 2.37. The first-order chi connectivity index (χ1) is 12.0. The van der Waals surface area contributed by atoms with Gasteiger partial charge in [0.15, 0.2) is 0 Å². The van der Waals surface area contributed by atoms with Crippen LogP contribution in [0.1, 0.15) is 26.3 Å². The van der Waals surface area contributed by atoms with Crippen molar-refractivity contribution in [1.29, 1.82) is 0 Å². The van der Waals surface area contributed by atoms with Crippen molar-refractivity contribution in [3.8, 4) is 0 Å². The molecule has 25 heavy (non-hydrogen) atoms. The zero-order chi connectivity index (χ0) is 18.4. The second-order valence-corrected chi connectivity index (χ2v) is 6.26. The molecule has 0 aliphatic carbocycles. The molecule has 1 saturated heterocycles. The van der Waals surface area contributed by atoms with Crippen molar-refractivity contribution in [2.45, 2.75) is 33.2 Å². The SMILES string of the molecule is CCN(CC)C(=O)CN1C(=O)CN(CCc2ccccc2)C(=O)[C@H]1C. The Morgan fingerprint density at radius 1 is 1.16 bits per heavy atom. The summed E-state index contributed by atoms with van der Waals surface area (Å²) in [5.41, 5.74) is 1.13. The Morgan fingerprint density at radius 3 is 2.40 bits per heavy atom. The number of likely N-dealkylation sites (N-methyl/N-ethyl adjacent to an activating group) is 1. The fourth-order valence-corrected chi connectivity index (χ4v) is 3.09. The second-order valence-electron chi connectivity index (χ2n) is 6.26. The predicted molar refractivity (Wildman–Crippen MR) is 95.8 cm³/mol. The van der Waals surface area contributed by atoms with Crippen LogP contribution in [0.4, 0.5) is 0 Å². The molecule has 0 bridgehead atoms. The lowest BCUT2D eigenvalue weighted by Gasteiger charge is -2.39. The quantitative estimate of drug-likeness (QED) is 0.745. The normalized spacial score (nSPS) is 17.8.